The van der Waals surface area contributed by atoms with Crippen molar-refractivity contribution in [2.45, 2.75) is 39.7 Å². The van der Waals surface area contributed by atoms with E-state index in [1.807, 2.05) is 0 Å². The third-order valence-electron chi connectivity index (χ3n) is 3.37. The number of fused-ring (bicyclic) bond motifs is 1. The fourth-order valence-electron chi connectivity index (χ4n) is 2.27. The van der Waals surface area contributed by atoms with Crippen LogP contribution in [-0.2, 0) is 0 Å². The minimum atomic E-state index is 0.564. The highest BCUT2D eigenvalue weighted by molar-refractivity contribution is 5.77. The van der Waals surface area contributed by atoms with Crippen LogP contribution in [0.5, 0.6) is 0 Å². The average molecular weight is 218 g/mol. The van der Waals surface area contributed by atoms with Gasteiger partial charge >= 0.3 is 0 Å². The van der Waals surface area contributed by atoms with Crippen LogP contribution < -0.4 is 9.80 Å². The maximum Gasteiger partial charge on any atom is 0.0903 e. The molecule has 2 heteroatoms. The third-order valence-corrected chi connectivity index (χ3v) is 3.37. The molecule has 1 aromatic carbocycles. The highest BCUT2D eigenvalue weighted by atomic mass is 15.4. The van der Waals surface area contributed by atoms with Crippen molar-refractivity contribution in [3.63, 3.8) is 0 Å². The molecule has 0 atom stereocenters. The van der Waals surface area contributed by atoms with Crippen LogP contribution in [0.4, 0.5) is 11.4 Å². The maximum atomic E-state index is 2.44. The van der Waals surface area contributed by atoms with Gasteiger partial charge in [-0.05, 0) is 37.5 Å². The molecular formula is C14H22N2. The predicted octanol–water partition coefficient (Wildman–Crippen LogP) is 3.43. The molecule has 1 aromatic rings. The molecule has 2 nitrogen and oxygen atoms in total. The van der Waals surface area contributed by atoms with Gasteiger partial charge in [-0.1, -0.05) is 19.9 Å². The van der Waals surface area contributed by atoms with Crippen molar-refractivity contribution in [1.29, 1.82) is 0 Å². The van der Waals surface area contributed by atoms with E-state index in [4.69, 9.17) is 0 Å². The fraction of sp³-hybridized carbons (Fsp3) is 0.571. The van der Waals surface area contributed by atoms with Crippen molar-refractivity contribution in [1.82, 2.24) is 0 Å². The van der Waals surface area contributed by atoms with Crippen molar-refractivity contribution < 1.29 is 0 Å². The number of hydrogen-bond acceptors (Lipinski definition) is 2. The monoisotopic (exact) mass is 218 g/mol. The summed E-state index contributed by atoms with van der Waals surface area (Å²) >= 11 is 0. The molecule has 0 bridgehead atoms. The Kier molecular flexibility index (Phi) is 2.83. The van der Waals surface area contributed by atoms with E-state index in [-0.39, 0.29) is 0 Å². The average Bonchev–Trinajstić information content (AvgIpc) is 2.56. The van der Waals surface area contributed by atoms with E-state index in [0.29, 0.717) is 12.0 Å². The zero-order valence-electron chi connectivity index (χ0n) is 11.0. The van der Waals surface area contributed by atoms with Gasteiger partial charge in [-0.2, -0.15) is 0 Å². The number of anilines is 2. The van der Waals surface area contributed by atoms with Gasteiger partial charge in [-0.25, -0.2) is 0 Å². The molecule has 1 aliphatic heterocycles. The summed E-state index contributed by atoms with van der Waals surface area (Å²) in [4.78, 5) is 4.78. The summed E-state index contributed by atoms with van der Waals surface area (Å²) in [6, 6.07) is 7.43. The van der Waals surface area contributed by atoms with Gasteiger partial charge in [0.05, 0.1) is 18.0 Å². The first kappa shape index (κ1) is 11.3. The smallest absolute Gasteiger partial charge is 0.0903 e. The van der Waals surface area contributed by atoms with Crippen molar-refractivity contribution in [2.75, 3.05) is 23.5 Å². The van der Waals surface area contributed by atoms with Crippen LogP contribution in [0, 0.1) is 0 Å². The molecule has 88 valence electrons. The van der Waals surface area contributed by atoms with Crippen LogP contribution in [0.15, 0.2) is 18.2 Å². The van der Waals surface area contributed by atoms with Crippen molar-refractivity contribution >= 4 is 11.4 Å². The minimum Gasteiger partial charge on any atom is -0.355 e. The number of nitrogens with zero attached hydrogens (tertiary/aromatic N) is 2. The molecule has 0 amide bonds. The molecule has 1 heterocycles. The fourth-order valence-corrected chi connectivity index (χ4v) is 2.27. The quantitative estimate of drug-likeness (QED) is 0.750. The van der Waals surface area contributed by atoms with Gasteiger partial charge in [0.25, 0.3) is 0 Å². The Labute approximate surface area is 98.9 Å². The molecular weight excluding hydrogens is 196 g/mol. The van der Waals surface area contributed by atoms with Crippen molar-refractivity contribution in [3.05, 3.63) is 23.8 Å². The molecule has 16 heavy (non-hydrogen) atoms. The van der Waals surface area contributed by atoms with Gasteiger partial charge in [-0.3, -0.25) is 0 Å². The normalized spacial score (nSPS) is 15.2. The number of benzene rings is 1. The van der Waals surface area contributed by atoms with Gasteiger partial charge in [0.1, 0.15) is 0 Å². The molecule has 0 radical (unpaired) electrons. The first-order valence-electron chi connectivity index (χ1n) is 6.12. The molecule has 0 spiro atoms. The summed E-state index contributed by atoms with van der Waals surface area (Å²) in [7, 11) is 2.17. The Morgan fingerprint density at radius 2 is 1.75 bits per heavy atom. The van der Waals surface area contributed by atoms with Gasteiger partial charge in [0.2, 0.25) is 0 Å². The third kappa shape index (κ3) is 1.77. The van der Waals surface area contributed by atoms with E-state index < -0.39 is 0 Å². The van der Waals surface area contributed by atoms with Gasteiger partial charge in [0.15, 0.2) is 0 Å². The second-order valence-electron chi connectivity index (χ2n) is 5.31. The van der Waals surface area contributed by atoms with Crippen molar-refractivity contribution in [3.8, 4) is 0 Å². The van der Waals surface area contributed by atoms with E-state index in [0.717, 1.165) is 6.67 Å². The van der Waals surface area contributed by atoms with E-state index in [9.17, 15) is 0 Å². The zero-order valence-corrected chi connectivity index (χ0v) is 11.0. The standard InChI is InChI=1S/C14H22N2/c1-10(2)12-6-7-13-14(8-12)15(5)9-16(13)11(3)4/h6-8,10-11H,9H2,1-5H3. The maximum absolute atomic E-state index is 2.44. The second kappa shape index (κ2) is 4.00. The lowest BCUT2D eigenvalue weighted by atomic mass is 10.0. The van der Waals surface area contributed by atoms with E-state index >= 15 is 0 Å². The number of hydrogen-bond donors (Lipinski definition) is 0. The zero-order chi connectivity index (χ0) is 11.9. The summed E-state index contributed by atoms with van der Waals surface area (Å²) in [5, 5.41) is 0. The number of rotatable bonds is 2. The summed E-state index contributed by atoms with van der Waals surface area (Å²) in [5.41, 5.74) is 4.18. The summed E-state index contributed by atoms with van der Waals surface area (Å²) < 4.78 is 0. The lowest BCUT2D eigenvalue weighted by molar-refractivity contribution is 0.702. The highest BCUT2D eigenvalue weighted by Gasteiger charge is 2.25. The molecule has 0 fully saturated rings. The molecule has 0 N–H and O–H groups in total. The van der Waals surface area contributed by atoms with Gasteiger partial charge in [-0.15, -0.1) is 0 Å². The topological polar surface area (TPSA) is 6.48 Å². The predicted molar refractivity (Wildman–Crippen MR) is 71.4 cm³/mol. The Bertz CT molecular complexity index is 382. The lowest BCUT2D eigenvalue weighted by Crippen LogP contribution is -2.33. The SMILES string of the molecule is CC(C)c1ccc2c(c1)N(C)CN2C(C)C. The van der Waals surface area contributed by atoms with Gasteiger partial charge < -0.3 is 9.80 Å². The van der Waals surface area contributed by atoms with E-state index in [1.54, 1.807) is 0 Å². The van der Waals surface area contributed by atoms with Crippen LogP contribution in [0.1, 0.15) is 39.2 Å². The van der Waals surface area contributed by atoms with Crippen LogP contribution in [0.3, 0.4) is 0 Å². The van der Waals surface area contributed by atoms with Crippen molar-refractivity contribution in [2.24, 2.45) is 0 Å². The highest BCUT2D eigenvalue weighted by Crippen LogP contribution is 2.38. The van der Waals surface area contributed by atoms with E-state index in [1.165, 1.54) is 16.9 Å². The molecule has 0 aliphatic carbocycles. The lowest BCUT2D eigenvalue weighted by Gasteiger charge is -2.23. The van der Waals surface area contributed by atoms with Gasteiger partial charge in [0, 0.05) is 13.1 Å². The van der Waals surface area contributed by atoms with Crippen LogP contribution >= 0.6 is 0 Å². The van der Waals surface area contributed by atoms with Crippen LogP contribution in [0.25, 0.3) is 0 Å². The van der Waals surface area contributed by atoms with Crippen LogP contribution in [0.2, 0.25) is 0 Å². The first-order chi connectivity index (χ1) is 7.50. The summed E-state index contributed by atoms with van der Waals surface area (Å²) in [5.74, 6) is 0.604. The summed E-state index contributed by atoms with van der Waals surface area (Å²) in [6.45, 7) is 10.0. The van der Waals surface area contributed by atoms with Crippen LogP contribution in [-0.4, -0.2) is 19.8 Å². The molecule has 2 rings (SSSR count). The minimum absolute atomic E-state index is 0.564. The molecule has 0 saturated heterocycles. The molecule has 0 saturated carbocycles. The Morgan fingerprint density at radius 3 is 2.31 bits per heavy atom. The molecule has 0 unspecified atom stereocenters. The van der Waals surface area contributed by atoms with E-state index in [2.05, 4.69) is 62.7 Å². The first-order valence-corrected chi connectivity index (χ1v) is 6.12. The largest absolute Gasteiger partial charge is 0.355 e. The Balaban J connectivity index is 2.41. The molecule has 1 aliphatic rings. The Hall–Kier alpha value is -1.18. The Morgan fingerprint density at radius 1 is 1.06 bits per heavy atom. The second-order valence-corrected chi connectivity index (χ2v) is 5.31. The summed E-state index contributed by atoms with van der Waals surface area (Å²) in [6.07, 6.45) is 0. The molecule has 0 aromatic heterocycles.